The van der Waals surface area contributed by atoms with Gasteiger partial charge in [0.2, 0.25) is 11.8 Å². The minimum absolute atomic E-state index is 0.0586. The topological polar surface area (TPSA) is 75.4 Å². The molecule has 0 bridgehead atoms. The second-order valence-electron chi connectivity index (χ2n) is 6.75. The Morgan fingerprint density at radius 1 is 1.11 bits per heavy atom. The number of nitrogens with zero attached hydrogens (tertiary/aromatic N) is 1. The molecule has 1 saturated heterocycles. The number of nitrogens with one attached hydrogen (secondary N) is 1. The summed E-state index contributed by atoms with van der Waals surface area (Å²) in [5, 5.41) is 2.98. The maximum atomic E-state index is 12.4. The van der Waals surface area contributed by atoms with E-state index in [9.17, 15) is 9.59 Å². The van der Waals surface area contributed by atoms with E-state index in [4.69, 9.17) is 5.73 Å². The van der Waals surface area contributed by atoms with E-state index in [2.05, 4.69) is 41.4 Å². The number of primary amides is 1. The van der Waals surface area contributed by atoms with Gasteiger partial charge in [-0.15, -0.1) is 11.8 Å². The quantitative estimate of drug-likeness (QED) is 0.713. The zero-order chi connectivity index (χ0) is 19.2. The molecule has 3 rings (SSSR count). The van der Waals surface area contributed by atoms with Crippen molar-refractivity contribution in [3.63, 3.8) is 0 Å². The second-order valence-corrected chi connectivity index (χ2v) is 7.92. The molecule has 3 N–H and O–H groups in total. The first-order chi connectivity index (χ1) is 13.0. The largest absolute Gasteiger partial charge is 0.370 e. The van der Waals surface area contributed by atoms with Crippen LogP contribution >= 0.6 is 11.8 Å². The second kappa shape index (κ2) is 8.95. The average Bonchev–Trinajstić information content (AvgIpc) is 3.17. The Morgan fingerprint density at radius 2 is 1.81 bits per heavy atom. The molecule has 5 nitrogen and oxygen atoms in total. The molecule has 0 saturated carbocycles. The molecule has 0 radical (unpaired) electrons. The third kappa shape index (κ3) is 5.26. The lowest BCUT2D eigenvalue weighted by Gasteiger charge is -2.22. The van der Waals surface area contributed by atoms with Crippen LogP contribution < -0.4 is 16.0 Å². The van der Waals surface area contributed by atoms with Crippen molar-refractivity contribution in [3.8, 4) is 0 Å². The molecule has 2 aromatic rings. The van der Waals surface area contributed by atoms with Gasteiger partial charge < -0.3 is 16.0 Å². The monoisotopic (exact) mass is 383 g/mol. The van der Waals surface area contributed by atoms with Crippen molar-refractivity contribution in [3.05, 3.63) is 53.6 Å². The van der Waals surface area contributed by atoms with Gasteiger partial charge in [0.15, 0.2) is 0 Å². The highest BCUT2D eigenvalue weighted by molar-refractivity contribution is 7.99. The van der Waals surface area contributed by atoms with Crippen LogP contribution in [0.3, 0.4) is 0 Å². The first-order valence-electron chi connectivity index (χ1n) is 9.21. The number of hydrogen-bond acceptors (Lipinski definition) is 4. The Morgan fingerprint density at radius 3 is 2.48 bits per heavy atom. The van der Waals surface area contributed by atoms with Gasteiger partial charge in [-0.1, -0.05) is 17.7 Å². The van der Waals surface area contributed by atoms with Gasteiger partial charge in [0, 0.05) is 35.7 Å². The fraction of sp³-hybridized carbons (Fsp3) is 0.333. The number of rotatable bonds is 7. The van der Waals surface area contributed by atoms with Crippen LogP contribution in [0.2, 0.25) is 0 Å². The van der Waals surface area contributed by atoms with Crippen LogP contribution in [-0.2, 0) is 4.79 Å². The van der Waals surface area contributed by atoms with Crippen molar-refractivity contribution in [2.24, 2.45) is 5.73 Å². The predicted octanol–water partition coefficient (Wildman–Crippen LogP) is 3.82. The first-order valence-corrected chi connectivity index (χ1v) is 10.2. The first kappa shape index (κ1) is 19.3. The summed E-state index contributed by atoms with van der Waals surface area (Å²) in [6.07, 6.45) is 2.68. The van der Waals surface area contributed by atoms with Crippen LogP contribution in [0.15, 0.2) is 47.4 Å². The summed E-state index contributed by atoms with van der Waals surface area (Å²) < 4.78 is 0. The van der Waals surface area contributed by atoms with Crippen molar-refractivity contribution in [1.82, 2.24) is 0 Å². The lowest BCUT2D eigenvalue weighted by atomic mass is 10.1. The van der Waals surface area contributed by atoms with Gasteiger partial charge in [-0.05, 0) is 50.1 Å². The number of aryl methyl sites for hydroxylation is 1. The van der Waals surface area contributed by atoms with Gasteiger partial charge in [-0.3, -0.25) is 9.59 Å². The van der Waals surface area contributed by atoms with Crippen molar-refractivity contribution >= 4 is 35.0 Å². The molecule has 1 aliphatic rings. The van der Waals surface area contributed by atoms with Crippen molar-refractivity contribution < 1.29 is 9.59 Å². The lowest BCUT2D eigenvalue weighted by Crippen LogP contribution is -2.22. The van der Waals surface area contributed by atoms with Crippen LogP contribution in [0.5, 0.6) is 0 Å². The third-order valence-corrected chi connectivity index (χ3v) is 5.63. The Balaban J connectivity index is 1.63. The number of thioether (sulfide) groups is 1. The smallest absolute Gasteiger partial charge is 0.248 e. The molecule has 0 spiro atoms. The van der Waals surface area contributed by atoms with E-state index in [-0.39, 0.29) is 5.91 Å². The van der Waals surface area contributed by atoms with Gasteiger partial charge in [-0.25, -0.2) is 0 Å². The number of hydrogen-bond donors (Lipinski definition) is 2. The summed E-state index contributed by atoms with van der Waals surface area (Å²) in [5.41, 5.74) is 8.65. The number of amides is 2. The molecule has 2 aromatic carbocycles. The molecule has 0 aromatic heterocycles. The molecule has 1 heterocycles. The number of nitrogens with two attached hydrogens (primary N) is 1. The Labute approximate surface area is 164 Å². The van der Waals surface area contributed by atoms with Crippen LogP contribution in [-0.4, -0.2) is 30.7 Å². The molecule has 0 atom stereocenters. The normalized spacial score (nSPS) is 13.6. The summed E-state index contributed by atoms with van der Waals surface area (Å²) in [6.45, 7) is 3.98. The highest BCUT2D eigenvalue weighted by Crippen LogP contribution is 2.30. The lowest BCUT2D eigenvalue weighted by molar-refractivity contribution is -0.115. The van der Waals surface area contributed by atoms with E-state index in [0.717, 1.165) is 36.5 Å². The molecule has 2 amide bonds. The SMILES string of the molecule is Cc1ccc(SCCC(=O)Nc2cc(C(N)=O)ccc2N2CCCC2)cc1. The van der Waals surface area contributed by atoms with E-state index in [1.54, 1.807) is 23.9 Å². The molecular formula is C21H25N3O2S. The average molecular weight is 384 g/mol. The number of anilines is 2. The summed E-state index contributed by atoms with van der Waals surface area (Å²) in [4.78, 5) is 27.4. The summed E-state index contributed by atoms with van der Waals surface area (Å²) in [6, 6.07) is 13.6. The van der Waals surface area contributed by atoms with Crippen LogP contribution in [0, 0.1) is 6.92 Å². The maximum Gasteiger partial charge on any atom is 0.248 e. The molecular weight excluding hydrogens is 358 g/mol. The fourth-order valence-electron chi connectivity index (χ4n) is 3.13. The van der Waals surface area contributed by atoms with Gasteiger partial charge in [0.1, 0.15) is 0 Å². The molecule has 1 fully saturated rings. The fourth-order valence-corrected chi connectivity index (χ4v) is 3.98. The minimum atomic E-state index is -0.492. The number of carbonyl (C=O) groups is 2. The molecule has 6 heteroatoms. The number of benzene rings is 2. The van der Waals surface area contributed by atoms with E-state index >= 15 is 0 Å². The van der Waals surface area contributed by atoms with Crippen molar-refractivity contribution in [1.29, 1.82) is 0 Å². The van der Waals surface area contributed by atoms with Gasteiger partial charge in [0.25, 0.3) is 0 Å². The Kier molecular flexibility index (Phi) is 6.40. The van der Waals surface area contributed by atoms with E-state index in [1.165, 1.54) is 5.56 Å². The van der Waals surface area contributed by atoms with Gasteiger partial charge in [0.05, 0.1) is 11.4 Å². The highest BCUT2D eigenvalue weighted by atomic mass is 32.2. The zero-order valence-electron chi connectivity index (χ0n) is 15.5. The molecule has 1 aliphatic heterocycles. The molecule has 142 valence electrons. The zero-order valence-corrected chi connectivity index (χ0v) is 16.3. The predicted molar refractivity (Wildman–Crippen MR) is 112 cm³/mol. The standard InChI is InChI=1S/C21H25N3O2S/c1-15-4-7-17(8-5-15)27-13-10-20(25)23-18-14-16(21(22)26)6-9-19(18)24-11-2-3-12-24/h4-9,14H,2-3,10-13H2,1H3,(H2,22,26)(H,23,25). The number of carbonyl (C=O) groups excluding carboxylic acids is 2. The third-order valence-electron chi connectivity index (χ3n) is 4.62. The van der Waals surface area contributed by atoms with Crippen LogP contribution in [0.1, 0.15) is 35.2 Å². The van der Waals surface area contributed by atoms with Crippen molar-refractivity contribution in [2.75, 3.05) is 29.1 Å². The van der Waals surface area contributed by atoms with Gasteiger partial charge >= 0.3 is 0 Å². The Hall–Kier alpha value is -2.47. The Bertz CT molecular complexity index is 815. The van der Waals surface area contributed by atoms with Crippen LogP contribution in [0.4, 0.5) is 11.4 Å². The highest BCUT2D eigenvalue weighted by Gasteiger charge is 2.18. The van der Waals surface area contributed by atoms with E-state index < -0.39 is 5.91 Å². The maximum absolute atomic E-state index is 12.4. The van der Waals surface area contributed by atoms with Gasteiger partial charge in [-0.2, -0.15) is 0 Å². The van der Waals surface area contributed by atoms with E-state index in [0.29, 0.717) is 23.4 Å². The molecule has 0 aliphatic carbocycles. The summed E-state index contributed by atoms with van der Waals surface area (Å²) in [5.74, 6) is 0.147. The summed E-state index contributed by atoms with van der Waals surface area (Å²) >= 11 is 1.66. The van der Waals surface area contributed by atoms with Crippen molar-refractivity contribution in [2.45, 2.75) is 31.1 Å². The van der Waals surface area contributed by atoms with Crippen LogP contribution in [0.25, 0.3) is 0 Å². The van der Waals surface area contributed by atoms with E-state index in [1.807, 2.05) is 6.07 Å². The minimum Gasteiger partial charge on any atom is -0.370 e. The molecule has 0 unspecified atom stereocenters. The summed E-state index contributed by atoms with van der Waals surface area (Å²) in [7, 11) is 0. The molecule has 27 heavy (non-hydrogen) atoms.